The molecule has 0 saturated heterocycles. The molecule has 6 atom stereocenters. The van der Waals surface area contributed by atoms with Crippen LogP contribution in [0.2, 0.25) is 0 Å². The van der Waals surface area contributed by atoms with Gasteiger partial charge in [0.1, 0.15) is 0 Å². The fraction of sp³-hybridized carbons (Fsp3) is 1.00. The van der Waals surface area contributed by atoms with Crippen LogP contribution in [0.15, 0.2) is 0 Å². The van der Waals surface area contributed by atoms with E-state index in [2.05, 4.69) is 0 Å². The van der Waals surface area contributed by atoms with Gasteiger partial charge in [-0.3, -0.25) is 0 Å². The van der Waals surface area contributed by atoms with Crippen molar-refractivity contribution in [2.75, 3.05) is 0 Å². The largest absolute Gasteiger partial charge is 0.393 e. The van der Waals surface area contributed by atoms with Gasteiger partial charge in [0, 0.05) is 16.5 Å². The first-order valence-corrected chi connectivity index (χ1v) is 7.46. The molecular weight excluding hydrogens is 335 g/mol. The van der Waals surface area contributed by atoms with E-state index in [-0.39, 0.29) is 53.1 Å². The molecule has 0 spiro atoms. The molecule has 7 heteroatoms. The Balaban J connectivity index is -0.000000108. The third kappa shape index (κ3) is 50.0. The zero-order valence-electron chi connectivity index (χ0n) is 14.6. The van der Waals surface area contributed by atoms with Crippen LogP contribution >= 0.6 is 0 Å². The molecule has 0 aromatic carbocycles. The monoisotopic (exact) mass is 370 g/mol. The van der Waals surface area contributed by atoms with E-state index in [4.69, 9.17) is 30.6 Å². The third-order valence-electron chi connectivity index (χ3n) is 2.05. The van der Waals surface area contributed by atoms with Gasteiger partial charge in [-0.25, -0.2) is 0 Å². The van der Waals surface area contributed by atoms with E-state index >= 15 is 0 Å². The van der Waals surface area contributed by atoms with Crippen molar-refractivity contribution < 1.29 is 47.1 Å². The van der Waals surface area contributed by atoms with E-state index in [0.717, 1.165) is 0 Å². The first kappa shape index (κ1) is 30.2. The van der Waals surface area contributed by atoms with Crippen molar-refractivity contribution in [3.63, 3.8) is 0 Å². The number of hydrogen-bond acceptors (Lipinski definition) is 6. The van der Waals surface area contributed by atoms with Gasteiger partial charge < -0.3 is 30.6 Å². The van der Waals surface area contributed by atoms with Crippen LogP contribution < -0.4 is 0 Å². The molecule has 0 aliphatic heterocycles. The molecule has 0 aromatic heterocycles. The zero-order valence-corrected chi connectivity index (χ0v) is 15.6. The van der Waals surface area contributed by atoms with Crippen molar-refractivity contribution >= 4 is 0 Å². The van der Waals surface area contributed by atoms with Gasteiger partial charge >= 0.3 is 0 Å². The summed E-state index contributed by atoms with van der Waals surface area (Å²) in [6, 6.07) is 0. The second kappa shape index (κ2) is 19.3. The van der Waals surface area contributed by atoms with E-state index in [1.54, 1.807) is 41.5 Å². The minimum absolute atomic E-state index is 0. The molecule has 0 fully saturated rings. The van der Waals surface area contributed by atoms with Crippen molar-refractivity contribution in [2.24, 2.45) is 0 Å². The van der Waals surface area contributed by atoms with Gasteiger partial charge in [0.2, 0.25) is 0 Å². The van der Waals surface area contributed by atoms with Crippen LogP contribution in [-0.2, 0) is 16.5 Å². The predicted octanol–water partition coefficient (Wildman–Crippen LogP) is 0.412. The molecule has 0 rings (SSSR count). The van der Waals surface area contributed by atoms with E-state index in [1.807, 2.05) is 0 Å². The van der Waals surface area contributed by atoms with Crippen molar-refractivity contribution in [3.05, 3.63) is 0 Å². The molecule has 6 nitrogen and oxygen atoms in total. The van der Waals surface area contributed by atoms with Gasteiger partial charge in [-0.05, 0) is 60.8 Å². The number of aliphatic hydroxyl groups is 6. The number of aliphatic hydroxyl groups excluding tert-OH is 6. The summed E-state index contributed by atoms with van der Waals surface area (Å²) in [5, 5.41) is 51.4. The molecule has 0 aliphatic rings. The molecule has 0 heterocycles. The van der Waals surface area contributed by atoms with E-state index in [1.165, 1.54) is 0 Å². The Bertz CT molecular complexity index is 145. The second-order valence-corrected chi connectivity index (χ2v) is 5.80. The first-order chi connectivity index (χ1) is 9.38. The molecular formula is C15H36NiO6. The van der Waals surface area contributed by atoms with Crippen LogP contribution in [0.25, 0.3) is 0 Å². The number of rotatable bonds is 6. The van der Waals surface area contributed by atoms with Crippen LogP contribution in [0.5, 0.6) is 0 Å². The van der Waals surface area contributed by atoms with Crippen LogP contribution in [0.4, 0.5) is 0 Å². The summed E-state index contributed by atoms with van der Waals surface area (Å²) < 4.78 is 0. The third-order valence-corrected chi connectivity index (χ3v) is 2.05. The molecule has 142 valence electrons. The maximum absolute atomic E-state index is 8.56. The number of hydrogen-bond donors (Lipinski definition) is 6. The smallest absolute Gasteiger partial charge is 0.0536 e. The summed E-state index contributed by atoms with van der Waals surface area (Å²) in [4.78, 5) is 0. The Labute approximate surface area is 145 Å². The predicted molar refractivity (Wildman–Crippen MR) is 83.9 cm³/mol. The molecule has 0 amide bonds. The van der Waals surface area contributed by atoms with Gasteiger partial charge in [-0.15, -0.1) is 0 Å². The topological polar surface area (TPSA) is 121 Å². The average Bonchev–Trinajstić information content (AvgIpc) is 2.10. The Morgan fingerprint density at radius 1 is 0.409 bits per heavy atom. The van der Waals surface area contributed by atoms with Gasteiger partial charge in [0.15, 0.2) is 0 Å². The summed E-state index contributed by atoms with van der Waals surface area (Å²) in [5.74, 6) is 0. The van der Waals surface area contributed by atoms with Gasteiger partial charge in [-0.1, -0.05) is 0 Å². The van der Waals surface area contributed by atoms with Crippen LogP contribution in [0.3, 0.4) is 0 Å². The van der Waals surface area contributed by atoms with Crippen LogP contribution in [0.1, 0.15) is 60.8 Å². The first-order valence-electron chi connectivity index (χ1n) is 7.46. The van der Waals surface area contributed by atoms with Gasteiger partial charge in [0.25, 0.3) is 0 Å². The van der Waals surface area contributed by atoms with Gasteiger partial charge in [-0.2, -0.15) is 0 Å². The maximum atomic E-state index is 8.56. The molecule has 0 aliphatic carbocycles. The van der Waals surface area contributed by atoms with Crippen molar-refractivity contribution in [3.8, 4) is 0 Å². The van der Waals surface area contributed by atoms with Gasteiger partial charge in [0.05, 0.1) is 36.6 Å². The van der Waals surface area contributed by atoms with E-state index in [0.29, 0.717) is 19.3 Å². The SMILES string of the molecule is CC(O)CC(C)O.CC(O)CC(C)O.CC(O)CC(C)O.[Ni]. The summed E-state index contributed by atoms with van der Waals surface area (Å²) in [6.45, 7) is 9.96. The Morgan fingerprint density at radius 2 is 0.500 bits per heavy atom. The molecule has 0 radical (unpaired) electrons. The molecule has 6 unspecified atom stereocenters. The van der Waals surface area contributed by atoms with Crippen molar-refractivity contribution in [1.29, 1.82) is 0 Å². The molecule has 22 heavy (non-hydrogen) atoms. The standard InChI is InChI=1S/3C5H12O2.Ni/c3*1-4(6)3-5(2)7;/h3*4-7H,3H2,1-2H3;. The maximum Gasteiger partial charge on any atom is 0.0536 e. The van der Waals surface area contributed by atoms with Crippen LogP contribution in [0, 0.1) is 0 Å². The summed E-state index contributed by atoms with van der Waals surface area (Å²) in [7, 11) is 0. The molecule has 0 bridgehead atoms. The summed E-state index contributed by atoms with van der Waals surface area (Å²) in [5.41, 5.74) is 0. The van der Waals surface area contributed by atoms with Crippen LogP contribution in [-0.4, -0.2) is 67.3 Å². The minimum atomic E-state index is -0.375. The molecule has 0 aromatic rings. The Kier molecular flexibility index (Phi) is 26.5. The second-order valence-electron chi connectivity index (χ2n) is 5.80. The quantitative estimate of drug-likeness (QED) is 0.376. The fourth-order valence-corrected chi connectivity index (χ4v) is 1.48. The molecule has 6 N–H and O–H groups in total. The Hall–Kier alpha value is 0.254. The summed E-state index contributed by atoms with van der Waals surface area (Å²) in [6.07, 6.45) is -0.833. The van der Waals surface area contributed by atoms with Crippen molar-refractivity contribution in [2.45, 2.75) is 97.4 Å². The van der Waals surface area contributed by atoms with E-state index < -0.39 is 0 Å². The average molecular weight is 371 g/mol. The Morgan fingerprint density at radius 3 is 0.500 bits per heavy atom. The van der Waals surface area contributed by atoms with Crippen molar-refractivity contribution in [1.82, 2.24) is 0 Å². The zero-order chi connectivity index (χ0) is 17.6. The molecule has 0 saturated carbocycles. The minimum Gasteiger partial charge on any atom is -0.393 e. The van der Waals surface area contributed by atoms with E-state index in [9.17, 15) is 0 Å². The fourth-order valence-electron chi connectivity index (χ4n) is 1.48. The summed E-state index contributed by atoms with van der Waals surface area (Å²) >= 11 is 0. The normalized spacial score (nSPS) is 18.0.